The Morgan fingerprint density at radius 1 is 0.974 bits per heavy atom. The molecule has 198 valence electrons. The summed E-state index contributed by atoms with van der Waals surface area (Å²) in [5.74, 6) is -0.184. The minimum absolute atomic E-state index is 0.0502. The topological polar surface area (TPSA) is 72.5 Å². The van der Waals surface area contributed by atoms with Crippen molar-refractivity contribution in [3.63, 3.8) is 0 Å². The number of aryl methyl sites for hydroxylation is 1. The van der Waals surface area contributed by atoms with E-state index in [4.69, 9.17) is 11.6 Å². The number of likely N-dealkylation sites (tertiary alicyclic amines) is 1. The van der Waals surface area contributed by atoms with E-state index in [2.05, 4.69) is 36.5 Å². The minimum Gasteiger partial charge on any atom is -0.627 e. The number of benzene rings is 3. The normalized spacial score (nSPS) is 21.2. The number of amides is 2. The van der Waals surface area contributed by atoms with Crippen LogP contribution in [0, 0.1) is 18.0 Å². The summed E-state index contributed by atoms with van der Waals surface area (Å²) in [7, 11) is 0. The van der Waals surface area contributed by atoms with Gasteiger partial charge < -0.3 is 20.1 Å². The molecule has 1 saturated heterocycles. The number of carbonyl (C=O) groups excluding carboxylic acids is 2. The molecule has 2 atom stereocenters. The van der Waals surface area contributed by atoms with Crippen molar-refractivity contribution in [2.24, 2.45) is 5.92 Å². The van der Waals surface area contributed by atoms with E-state index in [1.807, 2.05) is 36.4 Å². The van der Waals surface area contributed by atoms with E-state index in [-0.39, 0.29) is 24.3 Å². The quantitative estimate of drug-likeness (QED) is 0.337. The van der Waals surface area contributed by atoms with Crippen molar-refractivity contribution in [1.29, 1.82) is 0 Å². The van der Waals surface area contributed by atoms with E-state index in [0.717, 1.165) is 17.5 Å². The van der Waals surface area contributed by atoms with Crippen molar-refractivity contribution in [1.82, 2.24) is 14.9 Å². The number of rotatable bonds is 7. The van der Waals surface area contributed by atoms with Gasteiger partial charge in [0.05, 0.1) is 0 Å². The Bertz CT molecular complexity index is 1290. The fourth-order valence-electron chi connectivity index (χ4n) is 5.70. The molecule has 1 N–H and O–H groups in total. The number of piperidine rings is 1. The van der Waals surface area contributed by atoms with Crippen molar-refractivity contribution in [2.75, 3.05) is 19.6 Å². The molecule has 2 aliphatic rings. The van der Waals surface area contributed by atoms with Gasteiger partial charge in [0.2, 0.25) is 5.91 Å². The summed E-state index contributed by atoms with van der Waals surface area (Å²) in [6.07, 6.45) is 2.43. The number of hydroxylamine groups is 2. The molecule has 0 aliphatic carbocycles. The number of quaternary nitrogens is 1. The van der Waals surface area contributed by atoms with Crippen molar-refractivity contribution in [3.05, 3.63) is 105 Å². The first-order chi connectivity index (χ1) is 18.3. The molecule has 6 nitrogen and oxygen atoms in total. The van der Waals surface area contributed by atoms with Crippen molar-refractivity contribution in [2.45, 2.75) is 45.2 Å². The highest BCUT2D eigenvalue weighted by Crippen LogP contribution is 2.41. The van der Waals surface area contributed by atoms with Crippen molar-refractivity contribution in [3.8, 4) is 0 Å². The van der Waals surface area contributed by atoms with E-state index in [9.17, 15) is 14.8 Å². The summed E-state index contributed by atoms with van der Waals surface area (Å²) >= 11 is 6.05. The van der Waals surface area contributed by atoms with E-state index in [1.54, 1.807) is 17.0 Å². The van der Waals surface area contributed by atoms with Crippen LogP contribution < -0.4 is 9.96 Å². The van der Waals surface area contributed by atoms with Gasteiger partial charge in [-0.25, -0.2) is 0 Å². The Labute approximate surface area is 229 Å². The SMILES string of the molecule is Cc1ccc(CCNC(=O)C2CCN(C(=O)C3Cc4ccccc4[N+]3([O-])Cc3ccc(Cl)cc3)CC2)cc1. The first-order valence-electron chi connectivity index (χ1n) is 13.4. The third-order valence-electron chi connectivity index (χ3n) is 7.94. The van der Waals surface area contributed by atoms with Gasteiger partial charge in [-0.15, -0.1) is 0 Å². The summed E-state index contributed by atoms with van der Waals surface area (Å²) in [4.78, 5) is 28.3. The molecule has 0 saturated carbocycles. The first kappa shape index (κ1) is 26.4. The zero-order chi connectivity index (χ0) is 26.7. The van der Waals surface area contributed by atoms with Crippen LogP contribution in [0.15, 0.2) is 72.8 Å². The Morgan fingerprint density at radius 2 is 1.63 bits per heavy atom. The highest BCUT2D eigenvalue weighted by molar-refractivity contribution is 6.30. The Morgan fingerprint density at radius 3 is 2.34 bits per heavy atom. The zero-order valence-corrected chi connectivity index (χ0v) is 22.5. The summed E-state index contributed by atoms with van der Waals surface area (Å²) in [6, 6.07) is 22.4. The molecular weight excluding hydrogens is 498 g/mol. The molecule has 2 aliphatic heterocycles. The molecule has 0 aromatic heterocycles. The zero-order valence-electron chi connectivity index (χ0n) is 21.7. The third-order valence-corrected chi connectivity index (χ3v) is 8.19. The smallest absolute Gasteiger partial charge is 0.282 e. The van der Waals surface area contributed by atoms with Gasteiger partial charge in [-0.1, -0.05) is 71.8 Å². The van der Waals surface area contributed by atoms with Gasteiger partial charge in [0.25, 0.3) is 5.91 Å². The maximum Gasteiger partial charge on any atom is 0.282 e. The Balaban J connectivity index is 1.20. The average molecular weight is 532 g/mol. The molecule has 2 amide bonds. The Hall–Kier alpha value is -3.19. The lowest BCUT2D eigenvalue weighted by Crippen LogP contribution is -2.58. The molecule has 0 radical (unpaired) electrons. The van der Waals surface area contributed by atoms with E-state index in [1.165, 1.54) is 11.1 Å². The number of hydrogen-bond donors (Lipinski definition) is 1. The predicted molar refractivity (Wildman–Crippen MR) is 151 cm³/mol. The lowest BCUT2D eigenvalue weighted by molar-refractivity contribution is -0.139. The van der Waals surface area contributed by atoms with Crippen molar-refractivity contribution < 1.29 is 9.59 Å². The van der Waals surface area contributed by atoms with Gasteiger partial charge in [0, 0.05) is 48.1 Å². The average Bonchev–Trinajstić information content (AvgIpc) is 3.23. The highest BCUT2D eigenvalue weighted by atomic mass is 35.5. The van der Waals surface area contributed by atoms with Crippen LogP contribution in [0.4, 0.5) is 5.69 Å². The second-order valence-corrected chi connectivity index (χ2v) is 11.0. The fourth-order valence-corrected chi connectivity index (χ4v) is 5.83. The maximum atomic E-state index is 14.4. The summed E-state index contributed by atoms with van der Waals surface area (Å²) < 4.78 is -0.698. The van der Waals surface area contributed by atoms with Crippen LogP contribution in [0.3, 0.4) is 0 Å². The molecule has 1 fully saturated rings. The first-order valence-corrected chi connectivity index (χ1v) is 13.7. The van der Waals surface area contributed by atoms with Crippen LogP contribution in [-0.2, 0) is 29.0 Å². The number of carbonyl (C=O) groups is 2. The van der Waals surface area contributed by atoms with Crippen LogP contribution in [-0.4, -0.2) is 42.4 Å². The fraction of sp³-hybridized carbons (Fsp3) is 0.355. The lowest BCUT2D eigenvalue weighted by Gasteiger charge is -2.45. The second-order valence-electron chi connectivity index (χ2n) is 10.6. The molecule has 2 unspecified atom stereocenters. The summed E-state index contributed by atoms with van der Waals surface area (Å²) in [5.41, 5.74) is 4.85. The lowest BCUT2D eigenvalue weighted by atomic mass is 9.95. The molecule has 5 rings (SSSR count). The molecule has 2 heterocycles. The number of halogens is 1. The third kappa shape index (κ3) is 5.63. The second kappa shape index (κ2) is 11.3. The molecule has 7 heteroatoms. The van der Waals surface area contributed by atoms with Gasteiger partial charge in [0.15, 0.2) is 6.04 Å². The molecule has 3 aromatic rings. The van der Waals surface area contributed by atoms with Gasteiger partial charge in [-0.05, 0) is 49.9 Å². The van der Waals surface area contributed by atoms with E-state index < -0.39 is 10.7 Å². The summed E-state index contributed by atoms with van der Waals surface area (Å²) in [5, 5.41) is 18.1. The van der Waals surface area contributed by atoms with Crippen LogP contribution in [0.1, 0.15) is 35.1 Å². The van der Waals surface area contributed by atoms with Crippen LogP contribution >= 0.6 is 11.6 Å². The van der Waals surface area contributed by atoms with Gasteiger partial charge in [-0.2, -0.15) is 0 Å². The number of nitrogens with one attached hydrogen (secondary N) is 1. The standard InChI is InChI=1S/C31H34ClN3O3/c1-22-6-8-23(9-7-22)14-17-33-30(36)25-15-18-34(19-16-25)31(37)29-20-26-4-2-3-5-28(26)35(29,38)21-24-10-12-27(32)13-11-24/h2-13,25,29H,14-21H2,1H3,(H,33,36). The number of hydrogen-bond acceptors (Lipinski definition) is 3. The number of para-hydroxylation sites is 1. The van der Waals surface area contributed by atoms with Crippen molar-refractivity contribution >= 4 is 29.1 Å². The maximum absolute atomic E-state index is 14.4. The van der Waals surface area contributed by atoms with Crippen LogP contribution in [0.5, 0.6) is 0 Å². The molecule has 38 heavy (non-hydrogen) atoms. The number of fused-ring (bicyclic) bond motifs is 1. The van der Waals surface area contributed by atoms with Gasteiger partial charge >= 0.3 is 0 Å². The molecule has 0 bridgehead atoms. The van der Waals surface area contributed by atoms with E-state index in [0.29, 0.717) is 49.6 Å². The predicted octanol–water partition coefficient (Wildman–Crippen LogP) is 5.18. The number of nitrogens with zero attached hydrogens (tertiary/aromatic N) is 2. The largest absolute Gasteiger partial charge is 0.627 e. The van der Waals surface area contributed by atoms with E-state index >= 15 is 0 Å². The Kier molecular flexibility index (Phi) is 7.84. The highest BCUT2D eigenvalue weighted by Gasteiger charge is 2.47. The molecule has 3 aromatic carbocycles. The molecule has 0 spiro atoms. The monoisotopic (exact) mass is 531 g/mol. The summed E-state index contributed by atoms with van der Waals surface area (Å²) in [6.45, 7) is 3.81. The minimum atomic E-state index is -0.733. The van der Waals surface area contributed by atoms with Gasteiger partial charge in [0.1, 0.15) is 12.2 Å². The van der Waals surface area contributed by atoms with Gasteiger partial charge in [-0.3, -0.25) is 9.59 Å². The van der Waals surface area contributed by atoms with Crippen LogP contribution in [0.2, 0.25) is 5.02 Å². The molecular formula is C31H34ClN3O3. The van der Waals surface area contributed by atoms with Crippen LogP contribution in [0.25, 0.3) is 0 Å².